The summed E-state index contributed by atoms with van der Waals surface area (Å²) in [7, 11) is 0. The fourth-order valence-electron chi connectivity index (χ4n) is 1.37. The van der Waals surface area contributed by atoms with E-state index >= 15 is 0 Å². The molecule has 76 valence electrons. The maximum absolute atomic E-state index is 8.79. The van der Waals surface area contributed by atoms with Gasteiger partial charge in [-0.1, -0.05) is 48.8 Å². The van der Waals surface area contributed by atoms with E-state index in [0.717, 1.165) is 5.71 Å². The maximum atomic E-state index is 8.79. The van der Waals surface area contributed by atoms with Gasteiger partial charge in [0.2, 0.25) is 0 Å². The van der Waals surface area contributed by atoms with Crippen molar-refractivity contribution in [1.29, 1.82) is 0 Å². The van der Waals surface area contributed by atoms with Crippen molar-refractivity contribution < 1.29 is 5.21 Å². The van der Waals surface area contributed by atoms with Gasteiger partial charge in [0.15, 0.2) is 0 Å². The lowest BCUT2D eigenvalue weighted by molar-refractivity contribution is 0.314. The van der Waals surface area contributed by atoms with E-state index in [9.17, 15) is 0 Å². The summed E-state index contributed by atoms with van der Waals surface area (Å²) in [6, 6.07) is 8.26. The Balaban J connectivity index is 3.16. The number of rotatable bonds is 2. The Kier molecular flexibility index (Phi) is 2.94. The maximum Gasteiger partial charge on any atom is 0.0639 e. The molecule has 0 saturated carbocycles. The molecule has 0 aliphatic carbocycles. The second-order valence-corrected chi connectivity index (χ2v) is 4.18. The van der Waals surface area contributed by atoms with Gasteiger partial charge in [-0.25, -0.2) is 0 Å². The summed E-state index contributed by atoms with van der Waals surface area (Å²) >= 11 is 0. The normalized spacial score (nSPS) is 13.0. The molecule has 1 N–H and O–H groups in total. The summed E-state index contributed by atoms with van der Waals surface area (Å²) in [6.07, 6.45) is 0. The van der Waals surface area contributed by atoms with Crippen LogP contribution in [0.2, 0.25) is 0 Å². The third-order valence-electron chi connectivity index (χ3n) is 2.79. The van der Waals surface area contributed by atoms with Crippen molar-refractivity contribution in [2.24, 2.45) is 5.16 Å². The minimum atomic E-state index is -0.208. The molecule has 14 heavy (non-hydrogen) atoms. The van der Waals surface area contributed by atoms with Gasteiger partial charge < -0.3 is 5.21 Å². The molecule has 0 aliphatic rings. The zero-order valence-corrected chi connectivity index (χ0v) is 9.20. The van der Waals surface area contributed by atoms with E-state index < -0.39 is 0 Å². The van der Waals surface area contributed by atoms with Gasteiger partial charge in [0.25, 0.3) is 0 Å². The topological polar surface area (TPSA) is 32.6 Å². The van der Waals surface area contributed by atoms with Crippen LogP contribution in [0.3, 0.4) is 0 Å². The van der Waals surface area contributed by atoms with Crippen LogP contribution in [0.4, 0.5) is 0 Å². The summed E-state index contributed by atoms with van der Waals surface area (Å²) in [5, 5.41) is 12.1. The summed E-state index contributed by atoms with van der Waals surface area (Å²) in [5.41, 5.74) is 2.91. The Morgan fingerprint density at radius 3 is 2.50 bits per heavy atom. The molecule has 2 nitrogen and oxygen atoms in total. The first-order chi connectivity index (χ1) is 6.48. The number of nitrogens with zero attached hydrogens (tertiary/aromatic N) is 1. The van der Waals surface area contributed by atoms with E-state index in [1.807, 2.05) is 13.0 Å². The summed E-state index contributed by atoms with van der Waals surface area (Å²) in [5.74, 6) is 0. The molecule has 0 amide bonds. The van der Waals surface area contributed by atoms with Crippen LogP contribution < -0.4 is 0 Å². The molecule has 0 aromatic heterocycles. The smallest absolute Gasteiger partial charge is 0.0639 e. The second kappa shape index (κ2) is 3.82. The van der Waals surface area contributed by atoms with Gasteiger partial charge in [0.1, 0.15) is 0 Å². The quantitative estimate of drug-likeness (QED) is 0.435. The van der Waals surface area contributed by atoms with Gasteiger partial charge >= 0.3 is 0 Å². The van der Waals surface area contributed by atoms with Crippen molar-refractivity contribution >= 4 is 5.71 Å². The Hall–Kier alpha value is -1.31. The van der Waals surface area contributed by atoms with Gasteiger partial charge in [0, 0.05) is 5.41 Å². The van der Waals surface area contributed by atoms with Crippen molar-refractivity contribution in [3.05, 3.63) is 35.4 Å². The lowest BCUT2D eigenvalue weighted by Crippen LogP contribution is -2.26. The van der Waals surface area contributed by atoms with Gasteiger partial charge in [-0.3, -0.25) is 0 Å². The predicted molar refractivity (Wildman–Crippen MR) is 59.1 cm³/mol. The van der Waals surface area contributed by atoms with E-state index in [1.165, 1.54) is 11.1 Å². The summed E-state index contributed by atoms with van der Waals surface area (Å²) < 4.78 is 0. The average Bonchev–Trinajstić information content (AvgIpc) is 2.16. The van der Waals surface area contributed by atoms with E-state index in [1.54, 1.807) is 0 Å². The van der Waals surface area contributed by atoms with Crippen molar-refractivity contribution in [3.8, 4) is 0 Å². The van der Waals surface area contributed by atoms with Crippen LogP contribution in [-0.4, -0.2) is 10.9 Å². The van der Waals surface area contributed by atoms with Crippen LogP contribution in [0.1, 0.15) is 31.9 Å². The number of hydrogen-bond donors (Lipinski definition) is 1. The second-order valence-electron chi connectivity index (χ2n) is 4.18. The zero-order valence-electron chi connectivity index (χ0n) is 9.20. The number of benzene rings is 1. The van der Waals surface area contributed by atoms with Gasteiger partial charge in [-0.05, 0) is 19.4 Å². The third-order valence-corrected chi connectivity index (χ3v) is 2.79. The lowest BCUT2D eigenvalue weighted by atomic mass is 9.80. The molecular weight excluding hydrogens is 174 g/mol. The Labute approximate surface area is 85.3 Å². The van der Waals surface area contributed by atoms with Crippen LogP contribution >= 0.6 is 0 Å². The molecular formula is C12H17NO. The van der Waals surface area contributed by atoms with Crippen LogP contribution in [0.5, 0.6) is 0 Å². The number of oxime groups is 1. The monoisotopic (exact) mass is 191 g/mol. The molecule has 0 radical (unpaired) electrons. The minimum Gasteiger partial charge on any atom is -0.411 e. The first-order valence-corrected chi connectivity index (χ1v) is 4.74. The molecule has 0 spiro atoms. The number of hydrogen-bond acceptors (Lipinski definition) is 2. The molecule has 0 unspecified atom stereocenters. The van der Waals surface area contributed by atoms with E-state index in [4.69, 9.17) is 5.21 Å². The predicted octanol–water partition coefficient (Wildman–Crippen LogP) is 3.12. The van der Waals surface area contributed by atoms with E-state index in [2.05, 4.69) is 44.1 Å². The highest BCUT2D eigenvalue weighted by molar-refractivity contribution is 5.91. The fourth-order valence-corrected chi connectivity index (χ4v) is 1.37. The molecule has 0 bridgehead atoms. The van der Waals surface area contributed by atoms with E-state index in [-0.39, 0.29) is 5.41 Å². The van der Waals surface area contributed by atoms with Crippen molar-refractivity contribution in [2.75, 3.05) is 0 Å². The Morgan fingerprint density at radius 1 is 1.36 bits per heavy atom. The summed E-state index contributed by atoms with van der Waals surface area (Å²) in [6.45, 7) is 8.00. The molecule has 1 aromatic rings. The zero-order chi connectivity index (χ0) is 10.8. The van der Waals surface area contributed by atoms with Crippen LogP contribution in [0.15, 0.2) is 29.4 Å². The van der Waals surface area contributed by atoms with Crippen molar-refractivity contribution in [1.82, 2.24) is 0 Å². The first-order valence-electron chi connectivity index (χ1n) is 4.74. The first kappa shape index (κ1) is 10.8. The highest BCUT2D eigenvalue weighted by atomic mass is 16.4. The molecule has 0 fully saturated rings. The van der Waals surface area contributed by atoms with E-state index in [0.29, 0.717) is 0 Å². The Morgan fingerprint density at radius 2 is 2.00 bits per heavy atom. The fraction of sp³-hybridized carbons (Fsp3) is 0.417. The molecule has 2 heteroatoms. The molecule has 1 rings (SSSR count). The van der Waals surface area contributed by atoms with Gasteiger partial charge in [-0.2, -0.15) is 0 Å². The van der Waals surface area contributed by atoms with Gasteiger partial charge in [-0.15, -0.1) is 0 Å². The highest BCUT2D eigenvalue weighted by Crippen LogP contribution is 2.25. The van der Waals surface area contributed by atoms with Crippen LogP contribution in [0.25, 0.3) is 0 Å². The summed E-state index contributed by atoms with van der Waals surface area (Å²) in [4.78, 5) is 0. The standard InChI is InChI=1S/C12H17NO/c1-9-6-5-7-11(8-9)12(3,4)10(2)13-14/h5-8,14H,1-4H3/b13-10+. The van der Waals surface area contributed by atoms with Gasteiger partial charge in [0.05, 0.1) is 5.71 Å². The SMILES string of the molecule is C/C(=N\O)C(C)(C)c1cccc(C)c1. The van der Waals surface area contributed by atoms with Crippen molar-refractivity contribution in [3.63, 3.8) is 0 Å². The van der Waals surface area contributed by atoms with Crippen molar-refractivity contribution in [2.45, 2.75) is 33.1 Å². The average molecular weight is 191 g/mol. The van der Waals surface area contributed by atoms with Crippen LogP contribution in [-0.2, 0) is 5.41 Å². The molecule has 0 saturated heterocycles. The molecule has 0 aliphatic heterocycles. The Bertz CT molecular complexity index is 353. The number of aryl methyl sites for hydroxylation is 1. The minimum absolute atomic E-state index is 0.208. The largest absolute Gasteiger partial charge is 0.411 e. The molecule has 0 heterocycles. The third kappa shape index (κ3) is 1.95. The molecule has 0 atom stereocenters. The highest BCUT2D eigenvalue weighted by Gasteiger charge is 2.24. The molecule has 1 aromatic carbocycles. The lowest BCUT2D eigenvalue weighted by Gasteiger charge is -2.24. The van der Waals surface area contributed by atoms with Crippen LogP contribution in [0, 0.1) is 6.92 Å².